The van der Waals surface area contributed by atoms with E-state index in [1.54, 1.807) is 0 Å². The number of aromatic nitrogens is 2. The Morgan fingerprint density at radius 2 is 2.40 bits per heavy atom. The second kappa shape index (κ2) is 2.70. The van der Waals surface area contributed by atoms with E-state index in [1.807, 2.05) is 0 Å². The van der Waals surface area contributed by atoms with E-state index in [0.717, 1.165) is 0 Å². The average molecular weight is 204 g/mol. The summed E-state index contributed by atoms with van der Waals surface area (Å²) < 4.78 is 0.224. The van der Waals surface area contributed by atoms with E-state index in [-0.39, 0.29) is 10.6 Å². The molecule has 0 spiro atoms. The summed E-state index contributed by atoms with van der Waals surface area (Å²) in [6, 6.07) is 1.23. The van der Waals surface area contributed by atoms with Gasteiger partial charge in [-0.1, -0.05) is 0 Å². The summed E-state index contributed by atoms with van der Waals surface area (Å²) in [4.78, 5) is 16.6. The van der Waals surface area contributed by atoms with Crippen LogP contribution in [0.3, 0.4) is 0 Å². The zero-order valence-electron chi connectivity index (χ0n) is 4.69. The van der Waals surface area contributed by atoms with Gasteiger partial charge in [-0.15, -0.1) is 0 Å². The molecule has 0 aliphatic rings. The maximum Gasteiger partial charge on any atom is 0.368 e. The first-order valence-corrected chi connectivity index (χ1v) is 3.12. The van der Waals surface area contributed by atoms with Crippen LogP contribution in [-0.4, -0.2) is 14.9 Å². The summed E-state index contributed by atoms with van der Waals surface area (Å²) in [6.45, 7) is 0. The monoisotopic (exact) mass is 203 g/mol. The van der Waals surface area contributed by atoms with Crippen LogP contribution in [0.4, 0.5) is 5.82 Å². The molecule has 1 heterocycles. The van der Waals surface area contributed by atoms with Crippen LogP contribution < -0.4 is 0 Å². The van der Waals surface area contributed by atoms with Crippen LogP contribution in [0.1, 0.15) is 0 Å². The van der Waals surface area contributed by atoms with Crippen LogP contribution in [0.5, 0.6) is 0 Å². The van der Waals surface area contributed by atoms with Crippen LogP contribution in [0.25, 0.3) is 0 Å². The van der Waals surface area contributed by atoms with Crippen LogP contribution in [0.2, 0.25) is 0 Å². The topological polar surface area (TPSA) is 68.9 Å². The van der Waals surface area contributed by atoms with Crippen molar-refractivity contribution in [2.45, 2.75) is 0 Å². The highest BCUT2D eigenvalue weighted by molar-refractivity contribution is 9.10. The first-order valence-electron chi connectivity index (χ1n) is 2.33. The van der Waals surface area contributed by atoms with Gasteiger partial charge in [0.25, 0.3) is 0 Å². The molecule has 0 radical (unpaired) electrons. The van der Waals surface area contributed by atoms with Crippen LogP contribution in [0, 0.1) is 10.1 Å². The lowest BCUT2D eigenvalue weighted by Gasteiger charge is -1.88. The third kappa shape index (κ3) is 1.47. The van der Waals surface area contributed by atoms with E-state index in [9.17, 15) is 10.1 Å². The lowest BCUT2D eigenvalue weighted by Crippen LogP contribution is -1.92. The quantitative estimate of drug-likeness (QED) is 0.390. The Morgan fingerprint density at radius 1 is 1.70 bits per heavy atom. The smallest absolute Gasteiger partial charge is 0.358 e. The Hall–Kier alpha value is -1.04. The van der Waals surface area contributed by atoms with Gasteiger partial charge in [0.05, 0.1) is 6.07 Å². The lowest BCUT2D eigenvalue weighted by molar-refractivity contribution is -0.389. The number of rotatable bonds is 1. The second-order valence-electron chi connectivity index (χ2n) is 1.44. The van der Waals surface area contributed by atoms with E-state index >= 15 is 0 Å². The lowest BCUT2D eigenvalue weighted by atomic mass is 10.6. The zero-order valence-corrected chi connectivity index (χ0v) is 6.28. The summed E-state index contributed by atoms with van der Waals surface area (Å²) in [5.74, 6) is -0.207. The maximum absolute atomic E-state index is 10.0. The van der Waals surface area contributed by atoms with E-state index in [2.05, 4.69) is 25.9 Å². The third-order valence-electron chi connectivity index (χ3n) is 0.799. The molecule has 0 amide bonds. The van der Waals surface area contributed by atoms with Crippen molar-refractivity contribution < 1.29 is 4.92 Å². The molecule has 0 bridgehead atoms. The molecule has 0 fully saturated rings. The van der Waals surface area contributed by atoms with E-state index in [4.69, 9.17) is 0 Å². The van der Waals surface area contributed by atoms with Crippen molar-refractivity contribution in [2.75, 3.05) is 0 Å². The van der Waals surface area contributed by atoms with Gasteiger partial charge in [-0.3, -0.25) is 0 Å². The molecule has 0 aliphatic carbocycles. The summed E-state index contributed by atoms with van der Waals surface area (Å²) in [5.41, 5.74) is 0. The van der Waals surface area contributed by atoms with Crippen LogP contribution in [0.15, 0.2) is 17.0 Å². The zero-order chi connectivity index (χ0) is 7.56. The minimum Gasteiger partial charge on any atom is -0.358 e. The summed E-state index contributed by atoms with van der Waals surface area (Å²) in [6.07, 6.45) is 1.31. The Morgan fingerprint density at radius 3 is 2.80 bits per heavy atom. The van der Waals surface area contributed by atoms with Gasteiger partial charge in [0, 0.05) is 22.1 Å². The molecular weight excluding hydrogens is 202 g/mol. The van der Waals surface area contributed by atoms with Crippen molar-refractivity contribution >= 4 is 21.7 Å². The van der Waals surface area contributed by atoms with Gasteiger partial charge in [-0.25, -0.2) is 4.98 Å². The van der Waals surface area contributed by atoms with Gasteiger partial charge >= 0.3 is 10.6 Å². The van der Waals surface area contributed by atoms with Crippen molar-refractivity contribution in [3.05, 3.63) is 27.1 Å². The normalized spacial score (nSPS) is 9.30. The Kier molecular flexibility index (Phi) is 1.91. The molecule has 0 atom stereocenters. The second-order valence-corrected chi connectivity index (χ2v) is 2.15. The summed E-state index contributed by atoms with van der Waals surface area (Å²) in [5, 5.41) is 10.0. The Labute approximate surface area is 64.4 Å². The van der Waals surface area contributed by atoms with E-state index in [1.165, 1.54) is 12.3 Å². The number of nitrogens with zero attached hydrogens (tertiary/aromatic N) is 3. The molecule has 5 nitrogen and oxygen atoms in total. The number of hydrogen-bond acceptors (Lipinski definition) is 4. The molecule has 1 aromatic heterocycles. The van der Waals surface area contributed by atoms with Gasteiger partial charge in [-0.2, -0.15) is 0 Å². The molecule has 6 heteroatoms. The molecule has 0 aliphatic heterocycles. The van der Waals surface area contributed by atoms with Gasteiger partial charge in [0.1, 0.15) is 0 Å². The van der Waals surface area contributed by atoms with Crippen molar-refractivity contribution in [3.8, 4) is 0 Å². The largest absolute Gasteiger partial charge is 0.368 e. The van der Waals surface area contributed by atoms with Crippen molar-refractivity contribution in [2.24, 2.45) is 0 Å². The predicted octanol–water partition coefficient (Wildman–Crippen LogP) is 1.15. The standard InChI is InChI=1S/C4H2BrN3O2/c5-4-6-2-1-3(7-4)8(9)10/h1-2H. The number of hydrogen-bond donors (Lipinski definition) is 0. The van der Waals surface area contributed by atoms with Gasteiger partial charge in [-0.05, 0) is 9.91 Å². The molecule has 0 unspecified atom stereocenters. The Bertz CT molecular complexity index is 264. The highest BCUT2D eigenvalue weighted by Crippen LogP contribution is 2.07. The van der Waals surface area contributed by atoms with E-state index in [0.29, 0.717) is 0 Å². The van der Waals surface area contributed by atoms with Crippen LogP contribution >= 0.6 is 15.9 Å². The van der Waals surface area contributed by atoms with Gasteiger partial charge in [0.15, 0.2) is 0 Å². The van der Waals surface area contributed by atoms with Gasteiger partial charge < -0.3 is 10.1 Å². The summed E-state index contributed by atoms with van der Waals surface area (Å²) in [7, 11) is 0. The molecule has 0 saturated heterocycles. The average Bonchev–Trinajstić information content (AvgIpc) is 1.88. The Balaban J connectivity index is 3.07. The fourth-order valence-corrected chi connectivity index (χ4v) is 0.728. The minimum absolute atomic E-state index is 0.207. The van der Waals surface area contributed by atoms with Crippen molar-refractivity contribution in [1.29, 1.82) is 0 Å². The van der Waals surface area contributed by atoms with E-state index < -0.39 is 4.92 Å². The molecular formula is C4H2BrN3O2. The molecule has 10 heavy (non-hydrogen) atoms. The highest BCUT2D eigenvalue weighted by Gasteiger charge is 2.06. The fourth-order valence-electron chi connectivity index (χ4n) is 0.428. The van der Waals surface area contributed by atoms with Crippen molar-refractivity contribution in [3.63, 3.8) is 0 Å². The van der Waals surface area contributed by atoms with Gasteiger partial charge in [0.2, 0.25) is 0 Å². The summed E-state index contributed by atoms with van der Waals surface area (Å²) >= 11 is 2.90. The molecule has 0 aromatic carbocycles. The number of halogens is 1. The minimum atomic E-state index is -0.577. The molecule has 0 N–H and O–H groups in total. The molecule has 0 saturated carbocycles. The maximum atomic E-state index is 10.0. The number of nitro groups is 1. The third-order valence-corrected chi connectivity index (χ3v) is 1.18. The SMILES string of the molecule is O=[N+]([O-])c1ccnc(Br)n1. The highest BCUT2D eigenvalue weighted by atomic mass is 79.9. The predicted molar refractivity (Wildman–Crippen MR) is 36.4 cm³/mol. The first-order chi connectivity index (χ1) is 4.70. The molecule has 52 valence electrons. The van der Waals surface area contributed by atoms with Crippen molar-refractivity contribution in [1.82, 2.24) is 9.97 Å². The molecule has 1 aromatic rings. The molecule has 1 rings (SSSR count). The first kappa shape index (κ1) is 7.07. The van der Waals surface area contributed by atoms with Crippen LogP contribution in [-0.2, 0) is 0 Å². The fraction of sp³-hybridized carbons (Fsp3) is 0.